The molecule has 114 valence electrons. The monoisotopic (exact) mass is 457 g/mol. The maximum Gasteiger partial charge on any atom is 0.303 e. The molecule has 3 rings (SSSR count). The van der Waals surface area contributed by atoms with E-state index in [2.05, 4.69) is 78.5 Å². The van der Waals surface area contributed by atoms with E-state index in [0.29, 0.717) is 0 Å². The molecule has 2 aromatic carbocycles. The molecule has 0 N–H and O–H groups in total. The third-order valence-electron chi connectivity index (χ3n) is 3.16. The first kappa shape index (κ1) is 17.8. The van der Waals surface area contributed by atoms with Gasteiger partial charge in [-0.3, -0.25) is 0 Å². The van der Waals surface area contributed by atoms with Crippen molar-refractivity contribution in [3.05, 3.63) is 60.7 Å². The minimum absolute atomic E-state index is 0. The lowest BCUT2D eigenvalue weighted by atomic mass is 10.2. The lowest BCUT2D eigenvalue weighted by Crippen LogP contribution is -3.00. The van der Waals surface area contributed by atoms with Crippen LogP contribution in [0.15, 0.2) is 74.1 Å². The number of halogens is 1. The van der Waals surface area contributed by atoms with E-state index < -0.39 is 0 Å². The van der Waals surface area contributed by atoms with E-state index in [-0.39, 0.29) is 24.0 Å². The van der Waals surface area contributed by atoms with Gasteiger partial charge in [-0.25, -0.2) is 0 Å². The summed E-state index contributed by atoms with van der Waals surface area (Å²) in [4.78, 5) is 1.28. The van der Waals surface area contributed by atoms with Crippen LogP contribution in [0.2, 0.25) is 0 Å². The molecular weight excluding hydrogens is 441 g/mol. The van der Waals surface area contributed by atoms with Crippen LogP contribution in [0.4, 0.5) is 0 Å². The van der Waals surface area contributed by atoms with Crippen molar-refractivity contribution in [2.45, 2.75) is 13.4 Å². The molecule has 0 spiro atoms. The molecule has 0 saturated carbocycles. The van der Waals surface area contributed by atoms with E-state index in [1.807, 2.05) is 34.9 Å². The van der Waals surface area contributed by atoms with Gasteiger partial charge in [-0.15, -0.1) is 11.8 Å². The zero-order valence-corrected chi connectivity index (χ0v) is 16.9. The van der Waals surface area contributed by atoms with Gasteiger partial charge in [0.15, 0.2) is 0 Å². The molecule has 0 saturated heterocycles. The largest absolute Gasteiger partial charge is 1.00 e. The van der Waals surface area contributed by atoms with Crippen molar-refractivity contribution in [3.8, 4) is 11.3 Å². The number of thiazole rings is 1. The molecule has 3 aromatic rings. The predicted molar refractivity (Wildman–Crippen MR) is 93.3 cm³/mol. The molecule has 1 aromatic heterocycles. The highest BCUT2D eigenvalue weighted by molar-refractivity contribution is 8.03. The van der Waals surface area contributed by atoms with Crippen LogP contribution in [0.1, 0.15) is 0 Å². The SMILES string of the molecule is CSc1sc(Sc2ccccc2)[n+](C)c1-c1ccccc1.[I-]. The van der Waals surface area contributed by atoms with E-state index in [4.69, 9.17) is 0 Å². The first-order chi connectivity index (χ1) is 10.3. The Labute approximate surface area is 161 Å². The van der Waals surface area contributed by atoms with Crippen molar-refractivity contribution < 1.29 is 28.5 Å². The summed E-state index contributed by atoms with van der Waals surface area (Å²) in [6.07, 6.45) is 2.15. The van der Waals surface area contributed by atoms with Crippen molar-refractivity contribution in [2.24, 2.45) is 7.05 Å². The van der Waals surface area contributed by atoms with Crippen LogP contribution in [-0.4, -0.2) is 6.26 Å². The number of hydrogen-bond donors (Lipinski definition) is 0. The fourth-order valence-electron chi connectivity index (χ4n) is 2.15. The fourth-order valence-corrected chi connectivity index (χ4v) is 5.49. The Balaban J connectivity index is 0.00000176. The Morgan fingerprint density at radius 2 is 1.50 bits per heavy atom. The molecule has 0 fully saturated rings. The average molecular weight is 457 g/mol. The van der Waals surface area contributed by atoms with Crippen molar-refractivity contribution in [1.82, 2.24) is 0 Å². The van der Waals surface area contributed by atoms with Crippen molar-refractivity contribution in [2.75, 3.05) is 6.26 Å². The summed E-state index contributed by atoms with van der Waals surface area (Å²) in [5.41, 5.74) is 2.59. The van der Waals surface area contributed by atoms with Gasteiger partial charge in [0.2, 0.25) is 5.69 Å². The molecule has 5 heteroatoms. The Morgan fingerprint density at radius 1 is 0.909 bits per heavy atom. The van der Waals surface area contributed by atoms with E-state index in [9.17, 15) is 0 Å². The van der Waals surface area contributed by atoms with Gasteiger partial charge in [0, 0.05) is 10.5 Å². The number of nitrogens with zero attached hydrogens (tertiary/aromatic N) is 1. The Bertz CT molecular complexity index is 726. The number of aromatic nitrogens is 1. The minimum atomic E-state index is 0. The summed E-state index contributed by atoms with van der Waals surface area (Å²) in [5.74, 6) is 0. The molecule has 22 heavy (non-hydrogen) atoms. The van der Waals surface area contributed by atoms with Gasteiger partial charge >= 0.3 is 4.34 Å². The van der Waals surface area contributed by atoms with Crippen LogP contribution in [0.3, 0.4) is 0 Å². The highest BCUT2D eigenvalue weighted by atomic mass is 127. The molecule has 0 bridgehead atoms. The number of hydrogen-bond acceptors (Lipinski definition) is 3. The van der Waals surface area contributed by atoms with Crippen LogP contribution in [0.5, 0.6) is 0 Å². The van der Waals surface area contributed by atoms with Gasteiger partial charge in [0.05, 0.1) is 0 Å². The minimum Gasteiger partial charge on any atom is -1.00 e. The molecule has 0 aliphatic rings. The van der Waals surface area contributed by atoms with Gasteiger partial charge in [-0.1, -0.05) is 36.4 Å². The first-order valence-corrected chi connectivity index (χ1v) is 9.50. The zero-order valence-electron chi connectivity index (χ0n) is 12.3. The van der Waals surface area contributed by atoms with E-state index in [1.54, 1.807) is 0 Å². The second-order valence-corrected chi connectivity index (χ2v) is 7.94. The standard InChI is InChI=1S/C17H16NS3.HI/c1-18-15(13-9-5-3-6-10-13)16(19-2)21-17(18)20-14-11-7-4-8-12-14;/h3-12H,1-2H3;1H/q+1;/p-1. The third-order valence-corrected chi connectivity index (χ3v) is 6.76. The third kappa shape index (κ3) is 3.88. The average Bonchev–Trinajstić information content (AvgIpc) is 2.85. The van der Waals surface area contributed by atoms with Gasteiger partial charge in [0.1, 0.15) is 11.3 Å². The van der Waals surface area contributed by atoms with E-state index in [1.165, 1.54) is 24.7 Å². The zero-order chi connectivity index (χ0) is 14.7. The Morgan fingerprint density at radius 3 is 2.09 bits per heavy atom. The molecule has 0 atom stereocenters. The maximum atomic E-state index is 2.31. The summed E-state index contributed by atoms with van der Waals surface area (Å²) in [6.45, 7) is 0. The van der Waals surface area contributed by atoms with Gasteiger partial charge in [-0.2, -0.15) is 4.57 Å². The number of benzene rings is 2. The first-order valence-electron chi connectivity index (χ1n) is 6.64. The van der Waals surface area contributed by atoms with Crippen LogP contribution >= 0.6 is 34.9 Å². The second kappa shape index (κ2) is 8.38. The van der Waals surface area contributed by atoms with Crippen LogP contribution in [-0.2, 0) is 7.05 Å². The Hall–Kier alpha value is -0.500. The molecule has 1 nitrogen and oxygen atoms in total. The number of rotatable bonds is 4. The molecule has 0 amide bonds. The molecule has 1 heterocycles. The summed E-state index contributed by atoms with van der Waals surface area (Å²) >= 11 is 5.51. The van der Waals surface area contributed by atoms with Gasteiger partial charge in [-0.05, 0) is 53.6 Å². The van der Waals surface area contributed by atoms with Crippen LogP contribution in [0.25, 0.3) is 11.3 Å². The number of thioether (sulfide) groups is 1. The maximum absolute atomic E-state index is 2.31. The lowest BCUT2D eigenvalue weighted by Gasteiger charge is -1.98. The molecule has 0 radical (unpaired) electrons. The summed E-state index contributed by atoms with van der Waals surface area (Å²) in [5, 5.41) is 0. The molecule has 0 unspecified atom stereocenters. The summed E-state index contributed by atoms with van der Waals surface area (Å²) in [6, 6.07) is 21.2. The topological polar surface area (TPSA) is 3.88 Å². The smallest absolute Gasteiger partial charge is 0.303 e. The fraction of sp³-hybridized carbons (Fsp3) is 0.118. The van der Waals surface area contributed by atoms with Crippen molar-refractivity contribution in [3.63, 3.8) is 0 Å². The van der Waals surface area contributed by atoms with Crippen LogP contribution < -0.4 is 28.5 Å². The predicted octanol–water partition coefficient (Wildman–Crippen LogP) is 2.12. The molecule has 0 aliphatic carbocycles. The van der Waals surface area contributed by atoms with E-state index >= 15 is 0 Å². The summed E-state index contributed by atoms with van der Waals surface area (Å²) in [7, 11) is 2.16. The van der Waals surface area contributed by atoms with Crippen molar-refractivity contribution >= 4 is 34.9 Å². The van der Waals surface area contributed by atoms with Crippen LogP contribution in [0, 0.1) is 0 Å². The van der Waals surface area contributed by atoms with Gasteiger partial charge < -0.3 is 24.0 Å². The summed E-state index contributed by atoms with van der Waals surface area (Å²) < 4.78 is 4.98. The Kier molecular flexibility index (Phi) is 6.80. The van der Waals surface area contributed by atoms with Crippen molar-refractivity contribution in [1.29, 1.82) is 0 Å². The highest BCUT2D eigenvalue weighted by Crippen LogP contribution is 2.39. The van der Waals surface area contributed by atoms with E-state index in [0.717, 1.165) is 0 Å². The second-order valence-electron chi connectivity index (χ2n) is 4.55. The lowest BCUT2D eigenvalue weighted by molar-refractivity contribution is -0.692. The van der Waals surface area contributed by atoms with Gasteiger partial charge in [0.25, 0.3) is 0 Å². The molecular formula is C17H16INS3. The normalized spacial score (nSPS) is 10.3. The molecule has 0 aliphatic heterocycles. The quantitative estimate of drug-likeness (QED) is 0.336. The highest BCUT2D eigenvalue weighted by Gasteiger charge is 2.25.